The molecule has 0 saturated carbocycles. The van der Waals surface area contributed by atoms with E-state index in [0.29, 0.717) is 25.7 Å². The Labute approximate surface area is 605 Å². The van der Waals surface area contributed by atoms with E-state index in [1.54, 1.807) is 0 Å². The molecule has 0 saturated heterocycles. The zero-order valence-corrected chi connectivity index (χ0v) is 66.1. The molecule has 0 radical (unpaired) electrons. The minimum Gasteiger partial charge on any atom is -0.462 e. The van der Waals surface area contributed by atoms with Crippen LogP contribution in [0.2, 0.25) is 0 Å². The molecule has 0 rings (SSSR count). The van der Waals surface area contributed by atoms with E-state index >= 15 is 0 Å². The van der Waals surface area contributed by atoms with Gasteiger partial charge >= 0.3 is 39.5 Å². The highest BCUT2D eigenvalue weighted by molar-refractivity contribution is 7.47. The van der Waals surface area contributed by atoms with Crippen LogP contribution in [0.1, 0.15) is 395 Å². The molecule has 17 nitrogen and oxygen atoms in total. The van der Waals surface area contributed by atoms with Crippen molar-refractivity contribution in [1.82, 2.24) is 0 Å². The summed E-state index contributed by atoms with van der Waals surface area (Å²) in [5.74, 6) is -0.543. The van der Waals surface area contributed by atoms with E-state index in [1.165, 1.54) is 186 Å². The van der Waals surface area contributed by atoms with Crippen LogP contribution in [0.4, 0.5) is 0 Å². The van der Waals surface area contributed by atoms with Crippen LogP contribution in [-0.4, -0.2) is 96.7 Å². The number of allylic oxidation sites excluding steroid dienone is 4. The van der Waals surface area contributed by atoms with Gasteiger partial charge in [0.2, 0.25) is 0 Å². The zero-order valence-electron chi connectivity index (χ0n) is 64.3. The molecule has 99 heavy (non-hydrogen) atoms. The Kier molecular flexibility index (Phi) is 69.4. The van der Waals surface area contributed by atoms with Gasteiger partial charge in [0.1, 0.15) is 19.3 Å². The quantitative estimate of drug-likeness (QED) is 0.0169. The molecule has 0 bridgehead atoms. The van der Waals surface area contributed by atoms with Crippen LogP contribution >= 0.6 is 15.6 Å². The summed E-state index contributed by atoms with van der Waals surface area (Å²) >= 11 is 0. The van der Waals surface area contributed by atoms with Gasteiger partial charge in [-0.2, -0.15) is 0 Å². The van der Waals surface area contributed by atoms with Gasteiger partial charge in [0.05, 0.1) is 26.4 Å². The molecule has 0 amide bonds. The molecule has 3 N–H and O–H groups in total. The number of phosphoric acid groups is 2. The normalized spacial score (nSPS) is 14.6. The summed E-state index contributed by atoms with van der Waals surface area (Å²) in [4.78, 5) is 72.9. The van der Waals surface area contributed by atoms with Crippen molar-refractivity contribution in [2.45, 2.75) is 413 Å². The molecule has 584 valence electrons. The average molecular weight is 1450 g/mol. The minimum absolute atomic E-state index is 0.101. The Bertz CT molecular complexity index is 2010. The summed E-state index contributed by atoms with van der Waals surface area (Å²) in [6.07, 6.45) is 63.3. The summed E-state index contributed by atoms with van der Waals surface area (Å²) in [5.41, 5.74) is 0. The first-order valence-corrected chi connectivity index (χ1v) is 43.9. The molecule has 0 aliphatic carbocycles. The van der Waals surface area contributed by atoms with Crippen molar-refractivity contribution in [3.8, 4) is 0 Å². The van der Waals surface area contributed by atoms with Gasteiger partial charge in [-0.3, -0.25) is 37.3 Å². The number of phosphoric ester groups is 2. The lowest BCUT2D eigenvalue weighted by Crippen LogP contribution is -2.30. The lowest BCUT2D eigenvalue weighted by molar-refractivity contribution is -0.161. The maximum absolute atomic E-state index is 13.1. The molecule has 0 aliphatic heterocycles. The van der Waals surface area contributed by atoms with E-state index in [2.05, 4.69) is 65.8 Å². The van der Waals surface area contributed by atoms with Crippen LogP contribution in [0.5, 0.6) is 0 Å². The Morgan fingerprint density at radius 3 is 0.859 bits per heavy atom. The summed E-state index contributed by atoms with van der Waals surface area (Å²) in [6.45, 7) is 9.58. The monoisotopic (exact) mass is 1450 g/mol. The number of carbonyl (C=O) groups excluding carboxylic acids is 4. The second-order valence-electron chi connectivity index (χ2n) is 28.6. The fraction of sp³-hybridized carbons (Fsp3) is 0.900. The van der Waals surface area contributed by atoms with Crippen LogP contribution in [-0.2, 0) is 65.4 Å². The molecule has 0 fully saturated rings. The molecular formula is C80H152O17P2. The van der Waals surface area contributed by atoms with Gasteiger partial charge in [-0.05, 0) is 63.2 Å². The van der Waals surface area contributed by atoms with Gasteiger partial charge < -0.3 is 33.8 Å². The highest BCUT2D eigenvalue weighted by Crippen LogP contribution is 2.45. The molecule has 0 aromatic rings. The number of aliphatic hydroxyl groups excluding tert-OH is 1. The van der Waals surface area contributed by atoms with E-state index < -0.39 is 97.5 Å². The number of ether oxygens (including phenoxy) is 4. The first-order chi connectivity index (χ1) is 47.9. The molecule has 0 heterocycles. The predicted octanol–water partition coefficient (Wildman–Crippen LogP) is 23.4. The minimum atomic E-state index is -4.97. The molecule has 4 unspecified atom stereocenters. The van der Waals surface area contributed by atoms with Crippen molar-refractivity contribution in [2.75, 3.05) is 39.6 Å². The predicted molar refractivity (Wildman–Crippen MR) is 404 cm³/mol. The van der Waals surface area contributed by atoms with Crippen LogP contribution in [0.3, 0.4) is 0 Å². The maximum atomic E-state index is 13.1. The SMILES string of the molecule is CCCCCC/C=C\C=C/CCCCCCCC(=O)OC[C@H](COP(=O)(O)OC[C@@H](O)COP(=O)(O)OC[C@@H](COC(=O)CCCCCCCCC(C)CC)OC(=O)CCCCCCCCCCCCCC)OC(=O)CCCCCCCCCCCCCCCCCCCCC(C)CC. The molecule has 0 aromatic heterocycles. The van der Waals surface area contributed by atoms with E-state index in [0.717, 1.165) is 127 Å². The van der Waals surface area contributed by atoms with Gasteiger partial charge in [0, 0.05) is 25.7 Å². The Balaban J connectivity index is 5.24. The smallest absolute Gasteiger partial charge is 0.462 e. The first kappa shape index (κ1) is 96.5. The van der Waals surface area contributed by atoms with Gasteiger partial charge in [-0.1, -0.05) is 342 Å². The lowest BCUT2D eigenvalue weighted by atomic mass is 9.99. The summed E-state index contributed by atoms with van der Waals surface area (Å²) in [6, 6.07) is 0. The summed E-state index contributed by atoms with van der Waals surface area (Å²) < 4.78 is 68.6. The number of unbranched alkanes of at least 4 members (excludes halogenated alkanes) is 42. The maximum Gasteiger partial charge on any atom is 0.472 e. The highest BCUT2D eigenvalue weighted by atomic mass is 31.2. The van der Waals surface area contributed by atoms with Crippen molar-refractivity contribution in [3.05, 3.63) is 24.3 Å². The van der Waals surface area contributed by atoms with Gasteiger partial charge in [0.15, 0.2) is 12.2 Å². The number of esters is 4. The average Bonchev–Trinajstić information content (AvgIpc) is 0.972. The second kappa shape index (κ2) is 71.2. The number of rotatable bonds is 77. The summed E-state index contributed by atoms with van der Waals surface area (Å²) in [5, 5.41) is 10.6. The Hall–Kier alpha value is -2.46. The highest BCUT2D eigenvalue weighted by Gasteiger charge is 2.30. The third-order valence-corrected chi connectivity index (χ3v) is 20.7. The molecule has 0 spiro atoms. The fourth-order valence-electron chi connectivity index (χ4n) is 11.8. The van der Waals surface area contributed by atoms with Gasteiger partial charge in [0.25, 0.3) is 0 Å². The van der Waals surface area contributed by atoms with Gasteiger partial charge in [-0.25, -0.2) is 9.13 Å². The van der Waals surface area contributed by atoms with E-state index in [-0.39, 0.29) is 25.7 Å². The van der Waals surface area contributed by atoms with E-state index in [1.807, 2.05) is 0 Å². The van der Waals surface area contributed by atoms with Crippen molar-refractivity contribution in [3.63, 3.8) is 0 Å². The Morgan fingerprint density at radius 2 is 0.566 bits per heavy atom. The van der Waals surface area contributed by atoms with Gasteiger partial charge in [-0.15, -0.1) is 0 Å². The number of aliphatic hydroxyl groups is 1. The topological polar surface area (TPSA) is 237 Å². The van der Waals surface area contributed by atoms with Crippen LogP contribution in [0.25, 0.3) is 0 Å². The number of hydrogen-bond donors (Lipinski definition) is 3. The second-order valence-corrected chi connectivity index (χ2v) is 31.5. The molecule has 19 heteroatoms. The molecular weight excluding hydrogens is 1290 g/mol. The third kappa shape index (κ3) is 71.0. The first-order valence-electron chi connectivity index (χ1n) is 40.9. The zero-order chi connectivity index (χ0) is 72.8. The third-order valence-electron chi connectivity index (χ3n) is 18.8. The fourth-order valence-corrected chi connectivity index (χ4v) is 13.3. The molecule has 0 aliphatic rings. The summed E-state index contributed by atoms with van der Waals surface area (Å²) in [7, 11) is -9.93. The van der Waals surface area contributed by atoms with Crippen molar-refractivity contribution in [1.29, 1.82) is 0 Å². The number of carbonyl (C=O) groups is 4. The number of hydrogen-bond acceptors (Lipinski definition) is 15. The Morgan fingerprint density at radius 1 is 0.323 bits per heavy atom. The van der Waals surface area contributed by atoms with Crippen LogP contribution in [0, 0.1) is 11.8 Å². The lowest BCUT2D eigenvalue weighted by Gasteiger charge is -2.21. The largest absolute Gasteiger partial charge is 0.472 e. The van der Waals surface area contributed by atoms with Crippen LogP contribution in [0.15, 0.2) is 24.3 Å². The van der Waals surface area contributed by atoms with Crippen LogP contribution < -0.4 is 0 Å². The van der Waals surface area contributed by atoms with E-state index in [4.69, 9.17) is 37.0 Å². The van der Waals surface area contributed by atoms with Crippen molar-refractivity contribution < 1.29 is 80.2 Å². The van der Waals surface area contributed by atoms with E-state index in [9.17, 15) is 43.2 Å². The van der Waals surface area contributed by atoms with Crippen molar-refractivity contribution in [2.24, 2.45) is 11.8 Å². The molecule has 0 aromatic carbocycles. The van der Waals surface area contributed by atoms with Crippen molar-refractivity contribution >= 4 is 39.5 Å². The molecule has 7 atom stereocenters. The standard InChI is InChI=1S/C80H152O17P2/c1-7-11-13-15-17-19-21-23-28-32-36-39-43-50-56-62-77(82)90-68-75(96-80(85)65-59-53-45-41-37-33-30-27-25-24-26-29-31-34-38-42-48-54-60-72(5)9-3)70-94-98(86,87)92-66-74(81)67-93-99(88,89)95-71-76(69-91-78(83)63-57-51-47-46-49-55-61-73(6)10-4)97-79(84)64-58-52-44-40-35-22-20-18-16-14-12-8-2/h19,21,23,28,72-76,81H,7-18,20,22,24-27,29-71H2,1-6H3,(H,86,87)(H,88,89)/b21-19-,28-23-/t72?,73?,74-,75-,76-/m1/s1.